The minimum Gasteiger partial charge on any atom is -0.315 e. The topological polar surface area (TPSA) is 58.2 Å². The number of halogens is 3. The highest BCUT2D eigenvalue weighted by Crippen LogP contribution is 2.25. The van der Waals surface area contributed by atoms with Crippen molar-refractivity contribution in [1.29, 1.82) is 0 Å². The van der Waals surface area contributed by atoms with Crippen molar-refractivity contribution < 1.29 is 12.8 Å². The fourth-order valence-electron chi connectivity index (χ4n) is 1.87. The molecule has 0 spiro atoms. The van der Waals surface area contributed by atoms with Crippen LogP contribution in [0.1, 0.15) is 12.0 Å². The summed E-state index contributed by atoms with van der Waals surface area (Å²) >= 11 is 5.80. The van der Waals surface area contributed by atoms with Crippen molar-refractivity contribution in [3.8, 4) is 0 Å². The Labute approximate surface area is 123 Å². The average molecular weight is 329 g/mol. The van der Waals surface area contributed by atoms with E-state index < -0.39 is 15.8 Å². The molecule has 1 heterocycles. The van der Waals surface area contributed by atoms with Crippen LogP contribution in [-0.4, -0.2) is 27.5 Å². The number of aryl methyl sites for hydroxylation is 1. The summed E-state index contributed by atoms with van der Waals surface area (Å²) < 4.78 is 40.1. The van der Waals surface area contributed by atoms with Crippen molar-refractivity contribution >= 4 is 34.0 Å². The highest BCUT2D eigenvalue weighted by Gasteiger charge is 2.25. The Bertz CT molecular complexity index is 560. The summed E-state index contributed by atoms with van der Waals surface area (Å²) in [4.78, 5) is -0.0741. The van der Waals surface area contributed by atoms with Gasteiger partial charge in [-0.3, -0.25) is 0 Å². The lowest BCUT2D eigenvalue weighted by atomic mass is 10.2. The van der Waals surface area contributed by atoms with E-state index in [0.29, 0.717) is 6.54 Å². The lowest BCUT2D eigenvalue weighted by Gasteiger charge is -2.13. The Balaban J connectivity index is 0.00000180. The Kier molecular flexibility index (Phi) is 5.58. The van der Waals surface area contributed by atoms with Crippen LogP contribution in [0.15, 0.2) is 17.0 Å². The highest BCUT2D eigenvalue weighted by atomic mass is 35.5. The molecule has 2 N–H and O–H groups in total. The van der Waals surface area contributed by atoms with Gasteiger partial charge in [-0.2, -0.15) is 0 Å². The van der Waals surface area contributed by atoms with E-state index in [9.17, 15) is 12.8 Å². The van der Waals surface area contributed by atoms with E-state index in [0.717, 1.165) is 19.0 Å². The minimum atomic E-state index is -3.70. The number of rotatable bonds is 3. The van der Waals surface area contributed by atoms with E-state index in [1.807, 2.05) is 0 Å². The molecule has 8 heteroatoms. The molecule has 1 saturated heterocycles. The minimum absolute atomic E-state index is 0. The van der Waals surface area contributed by atoms with Gasteiger partial charge in [-0.1, -0.05) is 11.6 Å². The van der Waals surface area contributed by atoms with Gasteiger partial charge in [0.1, 0.15) is 10.7 Å². The third kappa shape index (κ3) is 3.79. The van der Waals surface area contributed by atoms with Crippen LogP contribution in [0.2, 0.25) is 5.02 Å². The number of hydrogen-bond acceptors (Lipinski definition) is 3. The van der Waals surface area contributed by atoms with Gasteiger partial charge in [0.2, 0.25) is 10.0 Å². The summed E-state index contributed by atoms with van der Waals surface area (Å²) in [5.41, 5.74) is 0.254. The van der Waals surface area contributed by atoms with E-state index >= 15 is 0 Å². The van der Waals surface area contributed by atoms with E-state index in [-0.39, 0.29) is 33.9 Å². The summed E-state index contributed by atoms with van der Waals surface area (Å²) in [5.74, 6) is -0.513. The lowest BCUT2D eigenvalue weighted by Crippen LogP contribution is -2.36. The molecule has 1 aromatic rings. The van der Waals surface area contributed by atoms with Gasteiger partial charge >= 0.3 is 0 Å². The maximum Gasteiger partial charge on any atom is 0.242 e. The van der Waals surface area contributed by atoms with Crippen LogP contribution in [0.5, 0.6) is 0 Å². The molecule has 1 aromatic carbocycles. The van der Waals surface area contributed by atoms with Crippen LogP contribution in [0.3, 0.4) is 0 Å². The number of sulfonamides is 1. The Morgan fingerprint density at radius 3 is 2.74 bits per heavy atom. The fraction of sp³-hybridized carbons (Fsp3) is 0.455. The molecule has 1 unspecified atom stereocenters. The third-order valence-electron chi connectivity index (χ3n) is 2.88. The predicted octanol–water partition coefficient (Wildman–Crippen LogP) is 1.85. The molecule has 1 atom stereocenters. The predicted molar refractivity (Wildman–Crippen MR) is 75.0 cm³/mol. The van der Waals surface area contributed by atoms with Crippen molar-refractivity contribution in [1.82, 2.24) is 10.0 Å². The molecule has 1 fully saturated rings. The maximum absolute atomic E-state index is 13.2. The van der Waals surface area contributed by atoms with E-state index in [2.05, 4.69) is 10.0 Å². The molecule has 0 aromatic heterocycles. The van der Waals surface area contributed by atoms with Crippen LogP contribution in [-0.2, 0) is 10.0 Å². The van der Waals surface area contributed by atoms with Crippen LogP contribution < -0.4 is 10.0 Å². The second-order valence-corrected chi connectivity index (χ2v) is 6.43. The summed E-state index contributed by atoms with van der Waals surface area (Å²) in [6.07, 6.45) is 0.733. The average Bonchev–Trinajstić information content (AvgIpc) is 2.75. The zero-order valence-electron chi connectivity index (χ0n) is 10.2. The molecular formula is C11H15Cl2FN2O2S. The molecule has 19 heavy (non-hydrogen) atoms. The summed E-state index contributed by atoms with van der Waals surface area (Å²) in [7, 11) is -3.70. The van der Waals surface area contributed by atoms with Gasteiger partial charge < -0.3 is 5.32 Å². The Hall–Kier alpha value is -0.400. The normalized spacial score (nSPS) is 19.2. The smallest absolute Gasteiger partial charge is 0.242 e. The van der Waals surface area contributed by atoms with Crippen LogP contribution in [0.4, 0.5) is 4.39 Å². The zero-order valence-corrected chi connectivity index (χ0v) is 12.6. The largest absolute Gasteiger partial charge is 0.315 e. The maximum atomic E-state index is 13.2. The van der Waals surface area contributed by atoms with Crippen molar-refractivity contribution in [2.24, 2.45) is 0 Å². The number of nitrogens with one attached hydrogen (secondary N) is 2. The quantitative estimate of drug-likeness (QED) is 0.890. The second-order valence-electron chi connectivity index (χ2n) is 4.34. The first kappa shape index (κ1) is 16.7. The van der Waals surface area contributed by atoms with Gasteiger partial charge in [-0.25, -0.2) is 17.5 Å². The molecule has 0 saturated carbocycles. The van der Waals surface area contributed by atoms with Crippen molar-refractivity contribution in [2.75, 3.05) is 13.1 Å². The van der Waals surface area contributed by atoms with Gasteiger partial charge in [0.25, 0.3) is 0 Å². The zero-order chi connectivity index (χ0) is 13.3. The molecule has 0 bridgehead atoms. The van der Waals surface area contributed by atoms with Crippen LogP contribution in [0.25, 0.3) is 0 Å². The Morgan fingerprint density at radius 1 is 1.47 bits per heavy atom. The molecule has 0 aliphatic carbocycles. The molecule has 108 valence electrons. The molecule has 1 aliphatic heterocycles. The monoisotopic (exact) mass is 328 g/mol. The first-order chi connectivity index (χ1) is 8.40. The molecular weight excluding hydrogens is 314 g/mol. The first-order valence-electron chi connectivity index (χ1n) is 5.59. The standard InChI is InChI=1S/C11H14ClFN2O2S.ClH/c1-7-4-11(9(12)5-10(7)13)18(16,17)15-8-2-3-14-6-8;/h4-5,8,14-15H,2-3,6H2,1H3;1H. The van der Waals surface area contributed by atoms with Crippen LogP contribution >= 0.6 is 24.0 Å². The molecule has 1 aliphatic rings. The first-order valence-corrected chi connectivity index (χ1v) is 7.45. The molecule has 0 radical (unpaired) electrons. The van der Waals surface area contributed by atoms with Crippen LogP contribution in [0, 0.1) is 12.7 Å². The van der Waals surface area contributed by atoms with Crippen molar-refractivity contribution in [2.45, 2.75) is 24.3 Å². The molecule has 4 nitrogen and oxygen atoms in total. The van der Waals surface area contributed by atoms with E-state index in [1.54, 1.807) is 0 Å². The Morgan fingerprint density at radius 2 is 2.16 bits per heavy atom. The van der Waals surface area contributed by atoms with Crippen molar-refractivity contribution in [3.05, 3.63) is 28.5 Å². The third-order valence-corrected chi connectivity index (χ3v) is 4.87. The lowest BCUT2D eigenvalue weighted by molar-refractivity contribution is 0.559. The molecule has 0 amide bonds. The summed E-state index contributed by atoms with van der Waals surface area (Å²) in [6.45, 7) is 2.88. The van der Waals surface area contributed by atoms with Gasteiger partial charge in [0.15, 0.2) is 0 Å². The van der Waals surface area contributed by atoms with E-state index in [1.165, 1.54) is 13.0 Å². The van der Waals surface area contributed by atoms with E-state index in [4.69, 9.17) is 11.6 Å². The SMILES string of the molecule is Cc1cc(S(=O)(=O)NC2CCNC2)c(Cl)cc1F.Cl. The number of hydrogen-bond donors (Lipinski definition) is 2. The highest BCUT2D eigenvalue weighted by molar-refractivity contribution is 7.89. The van der Waals surface area contributed by atoms with Gasteiger partial charge in [0.05, 0.1) is 5.02 Å². The van der Waals surface area contributed by atoms with Gasteiger partial charge in [-0.15, -0.1) is 12.4 Å². The summed E-state index contributed by atoms with van der Waals surface area (Å²) in [6, 6.07) is 2.14. The molecule has 2 rings (SSSR count). The van der Waals surface area contributed by atoms with Gasteiger partial charge in [-0.05, 0) is 37.6 Å². The van der Waals surface area contributed by atoms with Crippen molar-refractivity contribution in [3.63, 3.8) is 0 Å². The second kappa shape index (κ2) is 6.37. The summed E-state index contributed by atoms with van der Waals surface area (Å²) in [5, 5.41) is 2.96. The van der Waals surface area contributed by atoms with Gasteiger partial charge in [0, 0.05) is 12.6 Å². The number of benzene rings is 1. The fourth-order valence-corrected chi connectivity index (χ4v) is 3.74.